The summed E-state index contributed by atoms with van der Waals surface area (Å²) in [4.78, 5) is 18.0. The number of carbonyl (C=O) groups excluding carboxylic acids is 1. The van der Waals surface area contributed by atoms with Crippen LogP contribution in [0.5, 0.6) is 0 Å². The van der Waals surface area contributed by atoms with E-state index in [1.54, 1.807) is 19.0 Å². The van der Waals surface area contributed by atoms with Gasteiger partial charge in [-0.1, -0.05) is 11.3 Å². The molecular formula is C12H17F3N4OS. The van der Waals surface area contributed by atoms with E-state index in [1.807, 2.05) is 0 Å². The molecule has 2 rings (SSSR count). The summed E-state index contributed by atoms with van der Waals surface area (Å²) in [6, 6.07) is -0.274. The number of urea groups is 1. The molecular weight excluding hydrogens is 305 g/mol. The summed E-state index contributed by atoms with van der Waals surface area (Å²) in [6.07, 6.45) is -1.88. The van der Waals surface area contributed by atoms with Gasteiger partial charge in [0.2, 0.25) is 0 Å². The third kappa shape index (κ3) is 3.99. The van der Waals surface area contributed by atoms with E-state index in [0.717, 1.165) is 19.0 Å². The van der Waals surface area contributed by atoms with Crippen molar-refractivity contribution in [3.8, 4) is 0 Å². The zero-order valence-electron chi connectivity index (χ0n) is 11.8. The normalized spacial score (nSPS) is 19.5. The van der Waals surface area contributed by atoms with E-state index >= 15 is 0 Å². The van der Waals surface area contributed by atoms with Crippen molar-refractivity contribution in [2.45, 2.75) is 25.1 Å². The molecule has 0 bridgehead atoms. The van der Waals surface area contributed by atoms with Gasteiger partial charge in [-0.25, -0.2) is 9.78 Å². The molecule has 5 nitrogen and oxygen atoms in total. The molecule has 0 saturated carbocycles. The fraction of sp³-hybridized carbons (Fsp3) is 0.667. The van der Waals surface area contributed by atoms with Crippen LogP contribution in [0.25, 0.3) is 0 Å². The van der Waals surface area contributed by atoms with E-state index in [1.165, 1.54) is 4.90 Å². The quantitative estimate of drug-likeness (QED) is 0.909. The zero-order chi connectivity index (χ0) is 15.6. The van der Waals surface area contributed by atoms with Gasteiger partial charge in [0.1, 0.15) is 4.88 Å². The molecule has 9 heteroatoms. The number of amides is 2. The number of nitrogens with one attached hydrogen (secondary N) is 1. The summed E-state index contributed by atoms with van der Waals surface area (Å²) in [5.41, 5.74) is 0. The molecule has 1 fully saturated rings. The number of carbonyl (C=O) groups is 1. The molecule has 1 aliphatic heterocycles. The molecule has 2 heterocycles. The maximum Gasteiger partial charge on any atom is 0.427 e. The van der Waals surface area contributed by atoms with Crippen LogP contribution in [0, 0.1) is 0 Å². The summed E-state index contributed by atoms with van der Waals surface area (Å²) < 4.78 is 37.8. The second-order valence-corrected chi connectivity index (χ2v) is 6.14. The van der Waals surface area contributed by atoms with Crippen LogP contribution in [0.15, 0.2) is 6.20 Å². The Kier molecular flexibility index (Phi) is 4.60. The van der Waals surface area contributed by atoms with E-state index in [2.05, 4.69) is 10.3 Å². The fourth-order valence-electron chi connectivity index (χ4n) is 2.11. The van der Waals surface area contributed by atoms with Crippen molar-refractivity contribution in [1.82, 2.24) is 15.2 Å². The van der Waals surface area contributed by atoms with Crippen molar-refractivity contribution < 1.29 is 18.0 Å². The third-order valence-electron chi connectivity index (χ3n) is 3.20. The van der Waals surface area contributed by atoms with Gasteiger partial charge in [0.05, 0.1) is 6.20 Å². The van der Waals surface area contributed by atoms with Gasteiger partial charge in [0, 0.05) is 33.2 Å². The third-order valence-corrected chi connectivity index (χ3v) is 4.30. The van der Waals surface area contributed by atoms with E-state index in [4.69, 9.17) is 0 Å². The standard InChI is InChI=1S/C12H17F3N4OS/c1-18(2)10(20)17-8-4-3-5-19(7-8)11-16-6-9(21-11)12(13,14)15/h6,8H,3-5,7H2,1-2H3,(H,17,20). The molecule has 1 atom stereocenters. The van der Waals surface area contributed by atoms with E-state index in [-0.39, 0.29) is 12.1 Å². The Morgan fingerprint density at radius 3 is 2.81 bits per heavy atom. The Labute approximate surface area is 124 Å². The summed E-state index contributed by atoms with van der Waals surface area (Å²) in [7, 11) is 3.29. The molecule has 1 aromatic heterocycles. The highest BCUT2D eigenvalue weighted by atomic mass is 32.1. The van der Waals surface area contributed by atoms with Gasteiger partial charge < -0.3 is 15.1 Å². The number of alkyl halides is 3. The van der Waals surface area contributed by atoms with Crippen LogP contribution >= 0.6 is 11.3 Å². The number of thiazole rings is 1. The minimum atomic E-state index is -4.36. The molecule has 2 amide bonds. The summed E-state index contributed by atoms with van der Waals surface area (Å²) in [5.74, 6) is 0. The number of hydrogen-bond acceptors (Lipinski definition) is 4. The minimum absolute atomic E-state index is 0.0770. The van der Waals surface area contributed by atoms with Crippen LogP contribution in [0.1, 0.15) is 17.7 Å². The fourth-order valence-corrected chi connectivity index (χ4v) is 2.93. The van der Waals surface area contributed by atoms with Crippen LogP contribution in [0.2, 0.25) is 0 Å². The number of aromatic nitrogens is 1. The van der Waals surface area contributed by atoms with Gasteiger partial charge in [0.25, 0.3) is 0 Å². The molecule has 1 unspecified atom stereocenters. The molecule has 118 valence electrons. The Morgan fingerprint density at radius 1 is 1.52 bits per heavy atom. The first kappa shape index (κ1) is 15.9. The lowest BCUT2D eigenvalue weighted by Crippen LogP contribution is -2.50. The maximum absolute atomic E-state index is 12.6. The molecule has 0 radical (unpaired) electrons. The SMILES string of the molecule is CN(C)C(=O)NC1CCCN(c2ncc(C(F)(F)F)s2)C1. The molecule has 1 aliphatic rings. The number of hydrogen-bond donors (Lipinski definition) is 1. The Balaban J connectivity index is 2.01. The highest BCUT2D eigenvalue weighted by molar-refractivity contribution is 7.15. The number of rotatable bonds is 2. The summed E-state index contributed by atoms with van der Waals surface area (Å²) >= 11 is 0.640. The van der Waals surface area contributed by atoms with Crippen LogP contribution in [0.3, 0.4) is 0 Å². The van der Waals surface area contributed by atoms with Crippen molar-refractivity contribution in [3.63, 3.8) is 0 Å². The van der Waals surface area contributed by atoms with Crippen LogP contribution in [0.4, 0.5) is 23.1 Å². The molecule has 1 saturated heterocycles. The number of piperidine rings is 1. The lowest BCUT2D eigenvalue weighted by atomic mass is 10.1. The number of nitrogens with zero attached hydrogens (tertiary/aromatic N) is 3. The molecule has 1 aromatic rings. The van der Waals surface area contributed by atoms with E-state index < -0.39 is 11.1 Å². The van der Waals surface area contributed by atoms with E-state index in [9.17, 15) is 18.0 Å². The molecule has 1 N–H and O–H groups in total. The molecule has 0 aliphatic carbocycles. The lowest BCUT2D eigenvalue weighted by molar-refractivity contribution is -0.134. The predicted octanol–water partition coefficient (Wildman–Crippen LogP) is 2.40. The number of anilines is 1. The average Bonchev–Trinajstić information content (AvgIpc) is 2.88. The predicted molar refractivity (Wildman–Crippen MR) is 74.6 cm³/mol. The Hall–Kier alpha value is -1.51. The van der Waals surface area contributed by atoms with Gasteiger partial charge in [-0.3, -0.25) is 0 Å². The summed E-state index contributed by atoms with van der Waals surface area (Å²) in [6.45, 7) is 1.13. The molecule has 0 aromatic carbocycles. The largest absolute Gasteiger partial charge is 0.427 e. The highest BCUT2D eigenvalue weighted by Crippen LogP contribution is 2.36. The van der Waals surface area contributed by atoms with Gasteiger partial charge in [-0.2, -0.15) is 13.2 Å². The van der Waals surface area contributed by atoms with Gasteiger partial charge in [-0.05, 0) is 12.8 Å². The van der Waals surface area contributed by atoms with Crippen molar-refractivity contribution >= 4 is 22.5 Å². The van der Waals surface area contributed by atoms with Crippen molar-refractivity contribution in [2.24, 2.45) is 0 Å². The summed E-state index contributed by atoms with van der Waals surface area (Å²) in [5, 5.41) is 3.21. The Morgan fingerprint density at radius 2 is 2.24 bits per heavy atom. The average molecular weight is 322 g/mol. The van der Waals surface area contributed by atoms with E-state index in [0.29, 0.717) is 29.6 Å². The molecule has 0 spiro atoms. The first-order chi connectivity index (χ1) is 9.77. The maximum atomic E-state index is 12.6. The first-order valence-electron chi connectivity index (χ1n) is 6.53. The monoisotopic (exact) mass is 322 g/mol. The first-order valence-corrected chi connectivity index (χ1v) is 7.35. The van der Waals surface area contributed by atoms with Crippen molar-refractivity contribution in [3.05, 3.63) is 11.1 Å². The van der Waals surface area contributed by atoms with Crippen LogP contribution in [-0.2, 0) is 6.18 Å². The smallest absolute Gasteiger partial charge is 0.346 e. The van der Waals surface area contributed by atoms with Gasteiger partial charge in [0.15, 0.2) is 5.13 Å². The van der Waals surface area contributed by atoms with Crippen LogP contribution < -0.4 is 10.2 Å². The second kappa shape index (κ2) is 6.08. The van der Waals surface area contributed by atoms with Crippen molar-refractivity contribution in [1.29, 1.82) is 0 Å². The molecule has 21 heavy (non-hydrogen) atoms. The van der Waals surface area contributed by atoms with Crippen molar-refractivity contribution in [2.75, 3.05) is 32.1 Å². The van der Waals surface area contributed by atoms with Gasteiger partial charge in [-0.15, -0.1) is 0 Å². The lowest BCUT2D eigenvalue weighted by Gasteiger charge is -2.33. The topological polar surface area (TPSA) is 48.5 Å². The zero-order valence-corrected chi connectivity index (χ0v) is 12.6. The second-order valence-electron chi connectivity index (χ2n) is 5.13. The highest BCUT2D eigenvalue weighted by Gasteiger charge is 2.34. The number of halogens is 3. The minimum Gasteiger partial charge on any atom is -0.346 e. The van der Waals surface area contributed by atoms with Gasteiger partial charge >= 0.3 is 12.2 Å². The Bertz CT molecular complexity index is 503. The van der Waals surface area contributed by atoms with Crippen LogP contribution in [-0.4, -0.2) is 49.1 Å².